The second kappa shape index (κ2) is 5.61. The molecule has 1 saturated heterocycles. The molecule has 1 aromatic carbocycles. The van der Waals surface area contributed by atoms with Crippen molar-refractivity contribution in [1.82, 2.24) is 4.90 Å². The summed E-state index contributed by atoms with van der Waals surface area (Å²) in [5, 5.41) is 19.5. The fraction of sp³-hybridized carbons (Fsp3) is 0.533. The van der Waals surface area contributed by atoms with Crippen molar-refractivity contribution in [1.29, 1.82) is 0 Å². The molecular weight excluding hydrogens is 242 g/mol. The first-order chi connectivity index (χ1) is 8.98. The number of aromatic hydroxyl groups is 1. The van der Waals surface area contributed by atoms with Crippen LogP contribution in [0.2, 0.25) is 0 Å². The van der Waals surface area contributed by atoms with Crippen LogP contribution in [0, 0.1) is 0 Å². The van der Waals surface area contributed by atoms with Crippen molar-refractivity contribution in [3.05, 3.63) is 29.8 Å². The van der Waals surface area contributed by atoms with E-state index in [1.54, 1.807) is 17.0 Å². The van der Waals surface area contributed by atoms with E-state index in [2.05, 4.69) is 0 Å². The van der Waals surface area contributed by atoms with Crippen molar-refractivity contribution in [2.24, 2.45) is 0 Å². The van der Waals surface area contributed by atoms with E-state index in [4.69, 9.17) is 0 Å². The normalized spacial score (nSPS) is 18.3. The number of carbonyl (C=O) groups excluding carboxylic acids is 1. The summed E-state index contributed by atoms with van der Waals surface area (Å²) in [5.74, 6) is 0.343. The predicted octanol–water partition coefficient (Wildman–Crippen LogP) is 1.70. The number of aliphatic hydroxyl groups is 1. The van der Waals surface area contributed by atoms with Gasteiger partial charge in [0.05, 0.1) is 5.60 Å². The number of amides is 1. The lowest BCUT2D eigenvalue weighted by molar-refractivity contribution is -0.134. The topological polar surface area (TPSA) is 60.8 Å². The molecule has 2 rings (SSSR count). The molecule has 1 amide bonds. The Balaban J connectivity index is 1.84. The minimum atomic E-state index is -0.630. The van der Waals surface area contributed by atoms with E-state index in [-0.39, 0.29) is 11.7 Å². The average Bonchev–Trinajstić information content (AvgIpc) is 2.37. The standard InChI is InChI=1S/C15H21NO3/c1-15(19)8-10-16(11-9-15)14(18)7-6-12-4-2-3-5-13(12)17/h2-5,17,19H,6-11H2,1H3. The van der Waals surface area contributed by atoms with Crippen LogP contribution < -0.4 is 0 Å². The molecule has 0 atom stereocenters. The van der Waals surface area contributed by atoms with Crippen molar-refractivity contribution in [2.45, 2.75) is 38.2 Å². The Labute approximate surface area is 113 Å². The fourth-order valence-electron chi connectivity index (χ4n) is 2.36. The van der Waals surface area contributed by atoms with Crippen molar-refractivity contribution >= 4 is 5.91 Å². The molecule has 1 aliphatic heterocycles. The molecule has 104 valence electrons. The number of carbonyl (C=O) groups is 1. The first-order valence-electron chi connectivity index (χ1n) is 6.75. The maximum Gasteiger partial charge on any atom is 0.222 e. The SMILES string of the molecule is CC1(O)CCN(C(=O)CCc2ccccc2O)CC1. The number of phenols is 1. The van der Waals surface area contributed by atoms with Crippen LogP contribution in [0.15, 0.2) is 24.3 Å². The Hall–Kier alpha value is -1.55. The van der Waals surface area contributed by atoms with Crippen molar-refractivity contribution in [2.75, 3.05) is 13.1 Å². The van der Waals surface area contributed by atoms with Gasteiger partial charge in [-0.25, -0.2) is 0 Å². The van der Waals surface area contributed by atoms with Crippen LogP contribution in [0.5, 0.6) is 5.75 Å². The molecule has 0 radical (unpaired) electrons. The quantitative estimate of drug-likeness (QED) is 0.872. The Bertz CT molecular complexity index is 446. The Morgan fingerprint density at radius 1 is 1.32 bits per heavy atom. The van der Waals surface area contributed by atoms with Gasteiger partial charge in [0.15, 0.2) is 0 Å². The number of likely N-dealkylation sites (tertiary alicyclic amines) is 1. The summed E-state index contributed by atoms with van der Waals surface area (Å²) in [4.78, 5) is 13.9. The smallest absolute Gasteiger partial charge is 0.222 e. The second-order valence-corrected chi connectivity index (χ2v) is 5.51. The molecule has 1 heterocycles. The minimum Gasteiger partial charge on any atom is -0.508 e. The summed E-state index contributed by atoms with van der Waals surface area (Å²) in [6.07, 6.45) is 2.22. The first-order valence-corrected chi connectivity index (χ1v) is 6.75. The third-order valence-electron chi connectivity index (χ3n) is 3.79. The van der Waals surface area contributed by atoms with Crippen molar-refractivity contribution in [3.8, 4) is 5.75 Å². The van der Waals surface area contributed by atoms with E-state index in [1.165, 1.54) is 0 Å². The van der Waals surface area contributed by atoms with E-state index in [1.807, 2.05) is 19.1 Å². The van der Waals surface area contributed by atoms with Crippen molar-refractivity contribution in [3.63, 3.8) is 0 Å². The molecule has 0 unspecified atom stereocenters. The molecular formula is C15H21NO3. The summed E-state index contributed by atoms with van der Waals surface area (Å²) < 4.78 is 0. The van der Waals surface area contributed by atoms with Gasteiger partial charge >= 0.3 is 0 Å². The van der Waals surface area contributed by atoms with Crippen LogP contribution in [0.25, 0.3) is 0 Å². The zero-order valence-electron chi connectivity index (χ0n) is 11.3. The molecule has 19 heavy (non-hydrogen) atoms. The Morgan fingerprint density at radius 2 is 1.95 bits per heavy atom. The third kappa shape index (κ3) is 3.70. The van der Waals surface area contributed by atoms with Crippen LogP contribution in [0.1, 0.15) is 31.7 Å². The number of benzene rings is 1. The van der Waals surface area contributed by atoms with Crippen LogP contribution in [-0.2, 0) is 11.2 Å². The number of piperidine rings is 1. The molecule has 0 saturated carbocycles. The summed E-state index contributed by atoms with van der Waals surface area (Å²) in [5.41, 5.74) is 0.175. The van der Waals surface area contributed by atoms with Gasteiger partial charge < -0.3 is 15.1 Å². The minimum absolute atomic E-state index is 0.0961. The molecule has 1 fully saturated rings. The number of hydrogen-bond donors (Lipinski definition) is 2. The second-order valence-electron chi connectivity index (χ2n) is 5.51. The van der Waals surface area contributed by atoms with E-state index in [0.717, 1.165) is 5.56 Å². The molecule has 4 heteroatoms. The van der Waals surface area contributed by atoms with E-state index in [0.29, 0.717) is 38.8 Å². The van der Waals surface area contributed by atoms with E-state index in [9.17, 15) is 15.0 Å². The van der Waals surface area contributed by atoms with Gasteiger partial charge in [-0.2, -0.15) is 0 Å². The highest BCUT2D eigenvalue weighted by Crippen LogP contribution is 2.22. The van der Waals surface area contributed by atoms with Gasteiger partial charge in [-0.3, -0.25) is 4.79 Å². The first kappa shape index (κ1) is 13.9. The van der Waals surface area contributed by atoms with Gasteiger partial charge in [0.2, 0.25) is 5.91 Å². The highest BCUT2D eigenvalue weighted by Gasteiger charge is 2.29. The average molecular weight is 263 g/mol. The third-order valence-corrected chi connectivity index (χ3v) is 3.79. The molecule has 4 nitrogen and oxygen atoms in total. The highest BCUT2D eigenvalue weighted by atomic mass is 16.3. The number of aryl methyl sites for hydroxylation is 1. The number of hydrogen-bond acceptors (Lipinski definition) is 3. The zero-order chi connectivity index (χ0) is 13.9. The van der Waals surface area contributed by atoms with Gasteiger partial charge in [0, 0.05) is 19.5 Å². The molecule has 2 N–H and O–H groups in total. The lowest BCUT2D eigenvalue weighted by atomic mass is 9.93. The summed E-state index contributed by atoms with van der Waals surface area (Å²) in [6, 6.07) is 7.10. The van der Waals surface area contributed by atoms with Crippen LogP contribution in [-0.4, -0.2) is 39.7 Å². The Kier molecular flexibility index (Phi) is 4.10. The van der Waals surface area contributed by atoms with Crippen molar-refractivity contribution < 1.29 is 15.0 Å². The summed E-state index contributed by atoms with van der Waals surface area (Å²) in [6.45, 7) is 3.05. The molecule has 1 aliphatic rings. The van der Waals surface area contributed by atoms with E-state index >= 15 is 0 Å². The lowest BCUT2D eigenvalue weighted by Gasteiger charge is -2.35. The molecule has 0 spiro atoms. The number of phenolic OH excluding ortho intramolecular Hbond substituents is 1. The monoisotopic (exact) mass is 263 g/mol. The Morgan fingerprint density at radius 3 is 2.58 bits per heavy atom. The lowest BCUT2D eigenvalue weighted by Crippen LogP contribution is -2.45. The maximum atomic E-state index is 12.1. The molecule has 1 aromatic rings. The number of rotatable bonds is 3. The summed E-state index contributed by atoms with van der Waals surface area (Å²) in [7, 11) is 0. The van der Waals surface area contributed by atoms with Gasteiger partial charge in [-0.05, 0) is 37.8 Å². The number of para-hydroxylation sites is 1. The van der Waals surface area contributed by atoms with Crippen LogP contribution in [0.4, 0.5) is 0 Å². The van der Waals surface area contributed by atoms with Gasteiger partial charge in [0.25, 0.3) is 0 Å². The van der Waals surface area contributed by atoms with Crippen LogP contribution >= 0.6 is 0 Å². The van der Waals surface area contributed by atoms with E-state index < -0.39 is 5.60 Å². The fourth-order valence-corrected chi connectivity index (χ4v) is 2.36. The van der Waals surface area contributed by atoms with Gasteiger partial charge in [-0.15, -0.1) is 0 Å². The number of nitrogens with zero attached hydrogens (tertiary/aromatic N) is 1. The zero-order valence-corrected chi connectivity index (χ0v) is 11.3. The molecule has 0 bridgehead atoms. The molecule has 0 aromatic heterocycles. The van der Waals surface area contributed by atoms with Crippen LogP contribution in [0.3, 0.4) is 0 Å². The van der Waals surface area contributed by atoms with Gasteiger partial charge in [-0.1, -0.05) is 18.2 Å². The highest BCUT2D eigenvalue weighted by molar-refractivity contribution is 5.76. The summed E-state index contributed by atoms with van der Waals surface area (Å²) >= 11 is 0. The predicted molar refractivity (Wildman–Crippen MR) is 72.9 cm³/mol. The van der Waals surface area contributed by atoms with Gasteiger partial charge in [0.1, 0.15) is 5.75 Å². The maximum absolute atomic E-state index is 12.1. The largest absolute Gasteiger partial charge is 0.508 e. The molecule has 0 aliphatic carbocycles.